The molecule has 3 rings (SSSR count). The molecule has 8 nitrogen and oxygen atoms in total. The Kier molecular flexibility index (Phi) is 6.43. The molecule has 1 amide bonds. The number of hydrogen-bond donors (Lipinski definition) is 0. The Bertz CT molecular complexity index is 978. The molecule has 2 aromatic heterocycles. The van der Waals surface area contributed by atoms with E-state index in [-0.39, 0.29) is 32.0 Å². The summed E-state index contributed by atoms with van der Waals surface area (Å²) < 4.78 is 12.2. The molecule has 0 spiro atoms. The van der Waals surface area contributed by atoms with E-state index in [4.69, 9.17) is 9.26 Å². The van der Waals surface area contributed by atoms with Gasteiger partial charge in [0.2, 0.25) is 5.91 Å². The second-order valence-corrected chi connectivity index (χ2v) is 6.62. The highest BCUT2D eigenvalue weighted by molar-refractivity contribution is 5.94. The molecule has 0 saturated heterocycles. The molecule has 0 saturated carbocycles. The first-order valence-corrected chi connectivity index (χ1v) is 9.39. The van der Waals surface area contributed by atoms with Gasteiger partial charge in [0, 0.05) is 30.6 Å². The van der Waals surface area contributed by atoms with E-state index in [1.807, 2.05) is 55.1 Å². The molecule has 0 atom stereocenters. The van der Waals surface area contributed by atoms with Gasteiger partial charge in [-0.15, -0.1) is 0 Å². The van der Waals surface area contributed by atoms with Gasteiger partial charge in [-0.25, -0.2) is 4.98 Å². The van der Waals surface area contributed by atoms with Gasteiger partial charge < -0.3 is 18.7 Å². The number of rotatable bonds is 8. The standard InChI is InChI=1S/C21H24N4O4/c1-4-28-20(27)12-19(26)25(14-18-22-10-11-24(18)3)13-17-15(2)29-23-21(17)16-8-6-5-7-9-16/h5-11H,4,12-14H2,1-3H3. The van der Waals surface area contributed by atoms with Crippen LogP contribution in [0, 0.1) is 6.92 Å². The van der Waals surface area contributed by atoms with Crippen molar-refractivity contribution in [3.63, 3.8) is 0 Å². The Morgan fingerprint density at radius 2 is 1.97 bits per heavy atom. The molecular formula is C21H24N4O4. The molecule has 0 aliphatic heterocycles. The predicted molar refractivity (Wildman–Crippen MR) is 105 cm³/mol. The molecule has 0 fully saturated rings. The lowest BCUT2D eigenvalue weighted by atomic mass is 10.1. The van der Waals surface area contributed by atoms with Crippen LogP contribution in [0.4, 0.5) is 0 Å². The van der Waals surface area contributed by atoms with E-state index in [0.29, 0.717) is 17.3 Å². The predicted octanol–water partition coefficient (Wildman–Crippen LogP) is 2.87. The third-order valence-electron chi connectivity index (χ3n) is 4.59. The normalized spacial score (nSPS) is 10.7. The molecule has 0 aliphatic carbocycles. The van der Waals surface area contributed by atoms with Gasteiger partial charge in [-0.3, -0.25) is 9.59 Å². The number of carbonyl (C=O) groups excluding carboxylic acids is 2. The summed E-state index contributed by atoms with van der Waals surface area (Å²) >= 11 is 0. The van der Waals surface area contributed by atoms with E-state index in [9.17, 15) is 9.59 Å². The molecule has 29 heavy (non-hydrogen) atoms. The van der Waals surface area contributed by atoms with Gasteiger partial charge in [0.05, 0.1) is 19.7 Å². The molecule has 0 N–H and O–H groups in total. The summed E-state index contributed by atoms with van der Waals surface area (Å²) in [6.45, 7) is 4.24. The summed E-state index contributed by atoms with van der Waals surface area (Å²) in [6.07, 6.45) is 3.15. The largest absolute Gasteiger partial charge is 0.466 e. The molecule has 0 aliphatic rings. The number of benzene rings is 1. The van der Waals surface area contributed by atoms with Gasteiger partial charge >= 0.3 is 5.97 Å². The molecule has 8 heteroatoms. The fourth-order valence-electron chi connectivity index (χ4n) is 2.99. The van der Waals surface area contributed by atoms with Crippen molar-refractivity contribution in [1.29, 1.82) is 0 Å². The minimum atomic E-state index is -0.548. The Hall–Kier alpha value is -3.42. The molecule has 3 aromatic rings. The van der Waals surface area contributed by atoms with E-state index in [0.717, 1.165) is 11.1 Å². The SMILES string of the molecule is CCOC(=O)CC(=O)N(Cc1c(-c2ccccc2)noc1C)Cc1nccn1C. The van der Waals surface area contributed by atoms with Gasteiger partial charge in [0.1, 0.15) is 23.7 Å². The topological polar surface area (TPSA) is 90.5 Å². The van der Waals surface area contributed by atoms with Crippen molar-refractivity contribution in [2.24, 2.45) is 7.05 Å². The van der Waals surface area contributed by atoms with Crippen LogP contribution < -0.4 is 0 Å². The fraction of sp³-hybridized carbons (Fsp3) is 0.333. The molecule has 152 valence electrons. The Morgan fingerprint density at radius 3 is 2.62 bits per heavy atom. The van der Waals surface area contributed by atoms with Crippen LogP contribution in [0.1, 0.15) is 30.5 Å². The Labute approximate surface area is 169 Å². The average molecular weight is 396 g/mol. The quantitative estimate of drug-likeness (QED) is 0.430. The number of ether oxygens (including phenoxy) is 1. The van der Waals surface area contributed by atoms with Gasteiger partial charge in [-0.1, -0.05) is 35.5 Å². The van der Waals surface area contributed by atoms with Crippen molar-refractivity contribution < 1.29 is 18.8 Å². The maximum Gasteiger partial charge on any atom is 0.315 e. The third kappa shape index (κ3) is 4.90. The lowest BCUT2D eigenvalue weighted by Gasteiger charge is -2.22. The lowest BCUT2D eigenvalue weighted by Crippen LogP contribution is -2.33. The number of amides is 1. The summed E-state index contributed by atoms with van der Waals surface area (Å²) in [4.78, 5) is 30.6. The van der Waals surface area contributed by atoms with Crippen LogP contribution in [0.3, 0.4) is 0 Å². The molecule has 0 radical (unpaired) electrons. The van der Waals surface area contributed by atoms with E-state index in [2.05, 4.69) is 10.1 Å². The highest BCUT2D eigenvalue weighted by Crippen LogP contribution is 2.27. The van der Waals surface area contributed by atoms with Crippen molar-refractivity contribution in [2.75, 3.05) is 6.61 Å². The minimum Gasteiger partial charge on any atom is -0.466 e. The minimum absolute atomic E-state index is 0.231. The van der Waals surface area contributed by atoms with E-state index in [1.165, 1.54) is 0 Å². The first kappa shape index (κ1) is 20.3. The second-order valence-electron chi connectivity index (χ2n) is 6.62. The van der Waals surface area contributed by atoms with Crippen LogP contribution in [-0.2, 0) is 34.5 Å². The monoisotopic (exact) mass is 396 g/mol. The molecule has 1 aromatic carbocycles. The number of esters is 1. The highest BCUT2D eigenvalue weighted by Gasteiger charge is 2.24. The van der Waals surface area contributed by atoms with Gasteiger partial charge in [0.15, 0.2) is 0 Å². The number of aromatic nitrogens is 3. The summed E-state index contributed by atoms with van der Waals surface area (Å²) in [5.74, 6) is 0.439. The van der Waals surface area contributed by atoms with Gasteiger partial charge in [-0.05, 0) is 13.8 Å². The second kappa shape index (κ2) is 9.18. The maximum atomic E-state index is 12.9. The van der Waals surface area contributed by atoms with Crippen LogP contribution >= 0.6 is 0 Å². The maximum absolute atomic E-state index is 12.9. The van der Waals surface area contributed by atoms with Crippen molar-refractivity contribution in [1.82, 2.24) is 19.6 Å². The lowest BCUT2D eigenvalue weighted by molar-refractivity contribution is -0.149. The van der Waals surface area contributed by atoms with E-state index in [1.54, 1.807) is 18.0 Å². The molecular weight excluding hydrogens is 372 g/mol. The van der Waals surface area contributed by atoms with Gasteiger partial charge in [-0.2, -0.15) is 0 Å². The number of nitrogens with zero attached hydrogens (tertiary/aromatic N) is 4. The van der Waals surface area contributed by atoms with Crippen LogP contribution in [0.25, 0.3) is 11.3 Å². The van der Waals surface area contributed by atoms with Crippen molar-refractivity contribution >= 4 is 11.9 Å². The molecule has 2 heterocycles. The smallest absolute Gasteiger partial charge is 0.315 e. The van der Waals surface area contributed by atoms with Crippen molar-refractivity contribution in [3.8, 4) is 11.3 Å². The van der Waals surface area contributed by atoms with Crippen LogP contribution in [-0.4, -0.2) is 38.1 Å². The van der Waals surface area contributed by atoms with E-state index < -0.39 is 5.97 Å². The molecule has 0 bridgehead atoms. The van der Waals surface area contributed by atoms with Gasteiger partial charge in [0.25, 0.3) is 0 Å². The van der Waals surface area contributed by atoms with Crippen molar-refractivity contribution in [2.45, 2.75) is 33.4 Å². The first-order valence-electron chi connectivity index (χ1n) is 9.39. The molecule has 0 unspecified atom stereocenters. The summed E-state index contributed by atoms with van der Waals surface area (Å²) in [5, 5.41) is 4.18. The first-order chi connectivity index (χ1) is 14.0. The number of aryl methyl sites for hydroxylation is 2. The van der Waals surface area contributed by atoms with Crippen molar-refractivity contribution in [3.05, 3.63) is 59.9 Å². The van der Waals surface area contributed by atoms with E-state index >= 15 is 0 Å². The number of imidazole rings is 1. The zero-order valence-electron chi connectivity index (χ0n) is 16.8. The van der Waals surface area contributed by atoms with Crippen LogP contribution in [0.15, 0.2) is 47.2 Å². The zero-order valence-corrected chi connectivity index (χ0v) is 16.8. The highest BCUT2D eigenvalue weighted by atomic mass is 16.5. The average Bonchev–Trinajstić information content (AvgIpc) is 3.27. The van der Waals surface area contributed by atoms with Crippen LogP contribution in [0.5, 0.6) is 0 Å². The summed E-state index contributed by atoms with van der Waals surface area (Å²) in [7, 11) is 1.86. The Balaban J connectivity index is 1.89. The third-order valence-corrected chi connectivity index (χ3v) is 4.59. The Morgan fingerprint density at radius 1 is 1.21 bits per heavy atom. The zero-order chi connectivity index (χ0) is 20.8. The number of carbonyl (C=O) groups is 2. The summed E-state index contributed by atoms with van der Waals surface area (Å²) in [6, 6.07) is 9.63. The fourth-order valence-corrected chi connectivity index (χ4v) is 2.99. The summed E-state index contributed by atoms with van der Waals surface area (Å²) in [5.41, 5.74) is 2.37. The number of hydrogen-bond acceptors (Lipinski definition) is 6. The van der Waals surface area contributed by atoms with Crippen LogP contribution in [0.2, 0.25) is 0 Å².